The topological polar surface area (TPSA) is 87.3 Å². The average molecular weight is 384 g/mol. The van der Waals surface area contributed by atoms with E-state index in [2.05, 4.69) is 16.0 Å². The molecule has 148 valence electrons. The molecule has 26 heavy (non-hydrogen) atoms. The van der Waals surface area contributed by atoms with E-state index in [0.29, 0.717) is 30.4 Å². The highest BCUT2D eigenvalue weighted by molar-refractivity contribution is 8.00. The zero-order valence-electron chi connectivity index (χ0n) is 16.0. The van der Waals surface area contributed by atoms with E-state index in [1.165, 1.54) is 0 Å². The maximum atomic E-state index is 11.9. The van der Waals surface area contributed by atoms with E-state index in [0.717, 1.165) is 44.3 Å². The highest BCUT2D eigenvalue weighted by atomic mass is 32.2. The molecular formula is C19H33N3O3S. The molecule has 3 atom stereocenters. The van der Waals surface area contributed by atoms with Gasteiger partial charge in [-0.15, -0.1) is 0 Å². The van der Waals surface area contributed by atoms with Crippen LogP contribution in [0, 0.1) is 5.92 Å². The van der Waals surface area contributed by atoms with Crippen molar-refractivity contribution in [2.75, 3.05) is 12.3 Å². The van der Waals surface area contributed by atoms with Gasteiger partial charge in [0.25, 0.3) is 0 Å². The number of ketones is 1. The summed E-state index contributed by atoms with van der Waals surface area (Å²) in [6, 6.07) is 0.485. The number of hydrogen-bond donors (Lipinski definition) is 3. The lowest BCUT2D eigenvalue weighted by atomic mass is 10.0. The van der Waals surface area contributed by atoms with Crippen molar-refractivity contribution in [3.8, 4) is 0 Å². The molecule has 0 saturated carbocycles. The molecule has 0 aliphatic carbocycles. The number of carbonyl (C=O) groups excluding carboxylic acids is 3. The molecule has 0 aromatic carbocycles. The van der Waals surface area contributed by atoms with Crippen LogP contribution in [0.5, 0.6) is 0 Å². The zero-order valence-corrected chi connectivity index (χ0v) is 16.8. The van der Waals surface area contributed by atoms with Crippen molar-refractivity contribution in [1.82, 2.24) is 16.0 Å². The molecule has 0 aromatic rings. The second-order valence-corrected chi connectivity index (χ2v) is 8.92. The van der Waals surface area contributed by atoms with Crippen LogP contribution >= 0.6 is 11.8 Å². The number of nitrogens with one attached hydrogen (secondary N) is 3. The van der Waals surface area contributed by atoms with Gasteiger partial charge in [0, 0.05) is 36.3 Å². The van der Waals surface area contributed by atoms with E-state index in [1.807, 2.05) is 25.6 Å². The van der Waals surface area contributed by atoms with Crippen LogP contribution in [-0.2, 0) is 9.59 Å². The fraction of sp³-hybridized carbons (Fsp3) is 0.842. The predicted octanol–water partition coefficient (Wildman–Crippen LogP) is 2.61. The van der Waals surface area contributed by atoms with Crippen molar-refractivity contribution in [2.45, 2.75) is 82.5 Å². The number of rotatable bonds is 12. The Morgan fingerprint density at radius 3 is 2.65 bits per heavy atom. The molecule has 0 bridgehead atoms. The van der Waals surface area contributed by atoms with Gasteiger partial charge in [0.05, 0.1) is 12.1 Å². The maximum absolute atomic E-state index is 11.9. The van der Waals surface area contributed by atoms with Crippen molar-refractivity contribution >= 4 is 29.5 Å². The third-order valence-corrected chi connectivity index (χ3v) is 6.66. The van der Waals surface area contributed by atoms with Gasteiger partial charge in [-0.05, 0) is 25.7 Å². The summed E-state index contributed by atoms with van der Waals surface area (Å²) in [5, 5.41) is 9.39. The van der Waals surface area contributed by atoms with E-state index >= 15 is 0 Å². The quantitative estimate of drug-likeness (QED) is 0.357. The van der Waals surface area contributed by atoms with Gasteiger partial charge >= 0.3 is 6.03 Å². The number of hydrogen-bond acceptors (Lipinski definition) is 4. The Morgan fingerprint density at radius 2 is 1.88 bits per heavy atom. The van der Waals surface area contributed by atoms with Crippen LogP contribution in [-0.4, -0.2) is 47.4 Å². The molecule has 0 aromatic heterocycles. The van der Waals surface area contributed by atoms with Crippen LogP contribution in [0.1, 0.15) is 65.2 Å². The van der Waals surface area contributed by atoms with E-state index < -0.39 is 0 Å². The molecule has 2 saturated heterocycles. The summed E-state index contributed by atoms with van der Waals surface area (Å²) in [5.41, 5.74) is 0. The van der Waals surface area contributed by atoms with Gasteiger partial charge in [-0.1, -0.05) is 26.7 Å². The summed E-state index contributed by atoms with van der Waals surface area (Å²) < 4.78 is 0. The normalized spacial score (nSPS) is 24.3. The maximum Gasteiger partial charge on any atom is 0.315 e. The van der Waals surface area contributed by atoms with Gasteiger partial charge in [-0.3, -0.25) is 9.59 Å². The Kier molecular flexibility index (Phi) is 8.75. The summed E-state index contributed by atoms with van der Waals surface area (Å²) >= 11 is 1.92. The third kappa shape index (κ3) is 6.82. The summed E-state index contributed by atoms with van der Waals surface area (Å²) in [5.74, 6) is 1.56. The number of unbranched alkanes of at least 4 members (excludes halogenated alkanes) is 3. The van der Waals surface area contributed by atoms with Crippen molar-refractivity contribution in [3.05, 3.63) is 0 Å². The van der Waals surface area contributed by atoms with Gasteiger partial charge in [0.1, 0.15) is 5.78 Å². The lowest BCUT2D eigenvalue weighted by molar-refractivity contribution is -0.122. The van der Waals surface area contributed by atoms with Crippen LogP contribution in [0.2, 0.25) is 0 Å². The number of amides is 3. The minimum absolute atomic E-state index is 0.0433. The Bertz CT molecular complexity index is 498. The van der Waals surface area contributed by atoms with Crippen molar-refractivity contribution in [2.24, 2.45) is 5.92 Å². The fourth-order valence-electron chi connectivity index (χ4n) is 3.48. The minimum atomic E-state index is -0.0433. The van der Waals surface area contributed by atoms with Crippen LogP contribution in [0.4, 0.5) is 4.79 Å². The molecule has 2 heterocycles. The van der Waals surface area contributed by atoms with E-state index in [4.69, 9.17) is 0 Å². The average Bonchev–Trinajstić information content (AvgIpc) is 3.14. The SMILES string of the molecule is CC(C)C(=O)CCCCCNC(=O)CCCC[C@@H]1SC[C@@H]2NC(=O)N[C@@H]21. The summed E-state index contributed by atoms with van der Waals surface area (Å²) in [4.78, 5) is 34.7. The first-order chi connectivity index (χ1) is 12.5. The van der Waals surface area contributed by atoms with Crippen LogP contribution in [0.3, 0.4) is 0 Å². The first-order valence-corrected chi connectivity index (χ1v) is 11.0. The zero-order chi connectivity index (χ0) is 18.9. The molecule has 2 aliphatic rings. The molecule has 2 fully saturated rings. The molecule has 3 N–H and O–H groups in total. The first kappa shape index (κ1) is 21.1. The number of urea groups is 1. The number of fused-ring (bicyclic) bond motifs is 1. The van der Waals surface area contributed by atoms with E-state index in [9.17, 15) is 14.4 Å². The van der Waals surface area contributed by atoms with E-state index in [-0.39, 0.29) is 29.9 Å². The molecule has 2 rings (SSSR count). The molecule has 0 unspecified atom stereocenters. The molecule has 0 radical (unpaired) electrons. The van der Waals surface area contributed by atoms with Crippen LogP contribution < -0.4 is 16.0 Å². The molecule has 7 heteroatoms. The standard InChI is InChI=1S/C19H33N3O3S/c1-13(2)15(23)8-4-3-7-11-20-17(24)10-6-5-9-16-18-14(12-26-16)21-19(25)22-18/h13-14,16,18H,3-12H2,1-2H3,(H,20,24)(H2,21,22,25)/t14-,16-,18-/m0/s1. The summed E-state index contributed by atoms with van der Waals surface area (Å²) in [7, 11) is 0. The number of carbonyl (C=O) groups is 3. The number of Topliss-reactive ketones (excluding diaryl/α,β-unsaturated/α-hetero) is 1. The third-order valence-electron chi connectivity index (χ3n) is 5.15. The molecule has 2 aliphatic heterocycles. The van der Waals surface area contributed by atoms with E-state index in [1.54, 1.807) is 0 Å². The van der Waals surface area contributed by atoms with Crippen LogP contribution in [0.25, 0.3) is 0 Å². The first-order valence-electron chi connectivity index (χ1n) is 9.95. The van der Waals surface area contributed by atoms with Gasteiger partial charge in [-0.25, -0.2) is 4.79 Å². The lowest BCUT2D eigenvalue weighted by Gasteiger charge is -2.16. The van der Waals surface area contributed by atoms with Gasteiger partial charge < -0.3 is 16.0 Å². The Hall–Kier alpha value is -1.24. The highest BCUT2D eigenvalue weighted by Crippen LogP contribution is 2.33. The van der Waals surface area contributed by atoms with Gasteiger partial charge in [-0.2, -0.15) is 11.8 Å². The van der Waals surface area contributed by atoms with Crippen molar-refractivity contribution in [3.63, 3.8) is 0 Å². The second kappa shape index (κ2) is 10.8. The lowest BCUT2D eigenvalue weighted by Crippen LogP contribution is -2.36. The Labute approximate surface area is 161 Å². The van der Waals surface area contributed by atoms with Crippen LogP contribution in [0.15, 0.2) is 0 Å². The monoisotopic (exact) mass is 383 g/mol. The largest absolute Gasteiger partial charge is 0.356 e. The molecule has 0 spiro atoms. The number of thioether (sulfide) groups is 1. The minimum Gasteiger partial charge on any atom is -0.356 e. The molecule has 6 nitrogen and oxygen atoms in total. The van der Waals surface area contributed by atoms with Gasteiger partial charge in [0.15, 0.2) is 0 Å². The Morgan fingerprint density at radius 1 is 1.12 bits per heavy atom. The smallest absolute Gasteiger partial charge is 0.315 e. The summed E-state index contributed by atoms with van der Waals surface area (Å²) in [6.07, 6.45) is 7.02. The predicted molar refractivity (Wildman–Crippen MR) is 105 cm³/mol. The Balaban J connectivity index is 1.43. The van der Waals surface area contributed by atoms with Crippen molar-refractivity contribution in [1.29, 1.82) is 0 Å². The second-order valence-electron chi connectivity index (χ2n) is 7.65. The molecular weight excluding hydrogens is 350 g/mol. The fourth-order valence-corrected chi connectivity index (χ4v) is 5.02. The summed E-state index contributed by atoms with van der Waals surface area (Å²) in [6.45, 7) is 4.58. The highest BCUT2D eigenvalue weighted by Gasteiger charge is 2.42. The van der Waals surface area contributed by atoms with Gasteiger partial charge in [0.2, 0.25) is 5.91 Å². The van der Waals surface area contributed by atoms with Crippen molar-refractivity contribution < 1.29 is 14.4 Å². The molecule has 3 amide bonds.